The lowest BCUT2D eigenvalue weighted by molar-refractivity contribution is 0.0977. The van der Waals surface area contributed by atoms with E-state index >= 15 is 0 Å². The van der Waals surface area contributed by atoms with E-state index in [0.29, 0.717) is 39.7 Å². The van der Waals surface area contributed by atoms with Crippen LogP contribution in [0.2, 0.25) is 0 Å². The van der Waals surface area contributed by atoms with E-state index in [2.05, 4.69) is 45.1 Å². The number of benzene rings is 3. The summed E-state index contributed by atoms with van der Waals surface area (Å²) in [7, 11) is -3.76. The Morgan fingerprint density at radius 3 is 2.19 bits per heavy atom. The summed E-state index contributed by atoms with van der Waals surface area (Å²) in [5.41, 5.74) is 3.37. The van der Waals surface area contributed by atoms with Gasteiger partial charge in [-0.25, -0.2) is 8.42 Å². The van der Waals surface area contributed by atoms with Crippen LogP contribution in [-0.4, -0.2) is 26.0 Å². The van der Waals surface area contributed by atoms with Crippen LogP contribution < -0.4 is 20.1 Å². The van der Waals surface area contributed by atoms with Crippen LogP contribution in [0.25, 0.3) is 0 Å². The molecule has 0 radical (unpaired) electrons. The molecule has 7 nitrogen and oxygen atoms in total. The molecule has 3 rings (SSSR count). The molecule has 0 aliphatic rings. The zero-order chi connectivity index (χ0) is 26.5. The molecule has 3 aromatic rings. The number of rotatable bonds is 8. The van der Waals surface area contributed by atoms with Gasteiger partial charge < -0.3 is 10.1 Å². The average Bonchev–Trinajstić information content (AvgIpc) is 2.77. The second-order valence-electron chi connectivity index (χ2n) is 8.76. The van der Waals surface area contributed by atoms with Crippen molar-refractivity contribution in [3.8, 4) is 5.75 Å². The van der Waals surface area contributed by atoms with Gasteiger partial charge in [0, 0.05) is 16.9 Å². The van der Waals surface area contributed by atoms with Crippen molar-refractivity contribution in [2.45, 2.75) is 32.6 Å². The standard InChI is InChI=1S/C26H28BrN3O4S2/c1-16(2)15-34-24-10-5-19(14-23(24)27)25(31)29-26(35)28-20-6-8-22(9-7-20)36(32,33)30-21-12-17(3)11-18(4)13-21/h5-14,16,30H,15H2,1-4H3,(H2,28,29,31,35). The highest BCUT2D eigenvalue weighted by molar-refractivity contribution is 9.10. The molecule has 0 aromatic heterocycles. The maximum absolute atomic E-state index is 12.8. The van der Waals surface area contributed by atoms with Crippen molar-refractivity contribution < 1.29 is 17.9 Å². The van der Waals surface area contributed by atoms with E-state index in [4.69, 9.17) is 17.0 Å². The summed E-state index contributed by atoms with van der Waals surface area (Å²) < 4.78 is 34.5. The summed E-state index contributed by atoms with van der Waals surface area (Å²) in [4.78, 5) is 12.7. The van der Waals surface area contributed by atoms with Gasteiger partial charge in [0.05, 0.1) is 16.0 Å². The smallest absolute Gasteiger partial charge is 0.261 e. The van der Waals surface area contributed by atoms with Gasteiger partial charge in [-0.15, -0.1) is 0 Å². The number of thiocarbonyl (C=S) groups is 1. The second kappa shape index (κ2) is 11.9. The third-order valence-corrected chi connectivity index (χ3v) is 7.11. The minimum atomic E-state index is -3.76. The van der Waals surface area contributed by atoms with Gasteiger partial charge in [0.25, 0.3) is 15.9 Å². The van der Waals surface area contributed by atoms with Crippen molar-refractivity contribution in [2.24, 2.45) is 5.92 Å². The molecule has 3 aromatic carbocycles. The molecule has 0 saturated heterocycles. The van der Waals surface area contributed by atoms with Gasteiger partial charge >= 0.3 is 0 Å². The largest absolute Gasteiger partial charge is 0.492 e. The van der Waals surface area contributed by atoms with Crippen molar-refractivity contribution in [3.63, 3.8) is 0 Å². The molecule has 0 unspecified atom stereocenters. The first-order valence-electron chi connectivity index (χ1n) is 11.2. The molecule has 10 heteroatoms. The molecule has 36 heavy (non-hydrogen) atoms. The SMILES string of the molecule is Cc1cc(C)cc(NS(=O)(=O)c2ccc(NC(=S)NC(=O)c3ccc(OCC(C)C)c(Br)c3)cc2)c1. The highest BCUT2D eigenvalue weighted by Gasteiger charge is 2.15. The van der Waals surface area contributed by atoms with E-state index in [0.717, 1.165) is 11.1 Å². The van der Waals surface area contributed by atoms with Crippen LogP contribution in [0, 0.1) is 19.8 Å². The second-order valence-corrected chi connectivity index (χ2v) is 11.7. The lowest BCUT2D eigenvalue weighted by Gasteiger charge is -2.13. The molecular formula is C26H28BrN3O4S2. The Bertz CT molecular complexity index is 1350. The summed E-state index contributed by atoms with van der Waals surface area (Å²) in [6, 6.07) is 16.6. The third-order valence-electron chi connectivity index (χ3n) is 4.89. The van der Waals surface area contributed by atoms with Crippen LogP contribution in [0.15, 0.2) is 70.0 Å². The number of aryl methyl sites for hydroxylation is 2. The number of hydrogen-bond donors (Lipinski definition) is 3. The maximum atomic E-state index is 12.8. The van der Waals surface area contributed by atoms with Crippen molar-refractivity contribution in [1.29, 1.82) is 0 Å². The predicted molar refractivity (Wildman–Crippen MR) is 151 cm³/mol. The summed E-state index contributed by atoms with van der Waals surface area (Å²) in [5, 5.41) is 5.59. The van der Waals surface area contributed by atoms with Gasteiger partial charge in [0.1, 0.15) is 5.75 Å². The zero-order valence-electron chi connectivity index (χ0n) is 20.4. The average molecular weight is 591 g/mol. The number of nitrogens with one attached hydrogen (secondary N) is 3. The quantitative estimate of drug-likeness (QED) is 0.278. The number of amides is 1. The normalized spacial score (nSPS) is 11.2. The molecule has 1 amide bonds. The first-order valence-corrected chi connectivity index (χ1v) is 13.9. The van der Waals surface area contributed by atoms with E-state index < -0.39 is 10.0 Å². The van der Waals surface area contributed by atoms with E-state index in [1.165, 1.54) is 12.1 Å². The highest BCUT2D eigenvalue weighted by atomic mass is 79.9. The lowest BCUT2D eigenvalue weighted by atomic mass is 10.1. The first kappa shape index (κ1) is 27.6. The van der Waals surface area contributed by atoms with Crippen molar-refractivity contribution in [1.82, 2.24) is 5.32 Å². The van der Waals surface area contributed by atoms with Gasteiger partial charge in [0.2, 0.25) is 0 Å². The molecule has 0 atom stereocenters. The van der Waals surface area contributed by atoms with Crippen molar-refractivity contribution in [2.75, 3.05) is 16.6 Å². The lowest BCUT2D eigenvalue weighted by Crippen LogP contribution is -2.34. The van der Waals surface area contributed by atoms with E-state index in [-0.39, 0.29) is 15.9 Å². The van der Waals surface area contributed by atoms with Crippen LogP contribution in [-0.2, 0) is 10.0 Å². The summed E-state index contributed by atoms with van der Waals surface area (Å²) in [6.07, 6.45) is 0. The van der Waals surface area contributed by atoms with Crippen LogP contribution >= 0.6 is 28.1 Å². The minimum Gasteiger partial charge on any atom is -0.492 e. The fraction of sp³-hybridized carbons (Fsp3) is 0.231. The molecule has 0 fully saturated rings. The maximum Gasteiger partial charge on any atom is 0.261 e. The number of carbonyl (C=O) groups excluding carboxylic acids is 1. The topological polar surface area (TPSA) is 96.5 Å². The van der Waals surface area contributed by atoms with Gasteiger partial charge in [-0.3, -0.25) is 14.8 Å². The number of ether oxygens (including phenoxy) is 1. The Morgan fingerprint density at radius 1 is 0.972 bits per heavy atom. The fourth-order valence-electron chi connectivity index (χ4n) is 3.32. The third kappa shape index (κ3) is 7.78. The minimum absolute atomic E-state index is 0.0835. The Balaban J connectivity index is 1.60. The summed E-state index contributed by atoms with van der Waals surface area (Å²) in [6.45, 7) is 8.49. The van der Waals surface area contributed by atoms with Crippen LogP contribution in [0.1, 0.15) is 35.3 Å². The highest BCUT2D eigenvalue weighted by Crippen LogP contribution is 2.26. The van der Waals surface area contributed by atoms with Crippen LogP contribution in [0.3, 0.4) is 0 Å². The molecule has 0 aliphatic carbocycles. The summed E-state index contributed by atoms with van der Waals surface area (Å²) in [5.74, 6) is 0.648. The van der Waals surface area contributed by atoms with Crippen molar-refractivity contribution >= 4 is 60.6 Å². The van der Waals surface area contributed by atoms with Gasteiger partial charge in [-0.05, 0) is 114 Å². The number of sulfonamides is 1. The van der Waals surface area contributed by atoms with Crippen LogP contribution in [0.4, 0.5) is 11.4 Å². The van der Waals surface area contributed by atoms with Gasteiger partial charge in [-0.2, -0.15) is 0 Å². The molecule has 0 bridgehead atoms. The molecule has 0 saturated carbocycles. The van der Waals surface area contributed by atoms with Crippen molar-refractivity contribution in [3.05, 3.63) is 81.8 Å². The molecule has 0 heterocycles. The van der Waals surface area contributed by atoms with Gasteiger partial charge in [0.15, 0.2) is 5.11 Å². The van der Waals surface area contributed by atoms with Gasteiger partial charge in [-0.1, -0.05) is 19.9 Å². The Kier molecular flexibility index (Phi) is 9.10. The Labute approximate surface area is 225 Å². The van der Waals surface area contributed by atoms with E-state index in [1.807, 2.05) is 19.9 Å². The Hall–Kier alpha value is -2.95. The molecule has 0 aliphatic heterocycles. The fourth-order valence-corrected chi connectivity index (χ4v) is 5.06. The molecule has 190 valence electrons. The number of hydrogen-bond acceptors (Lipinski definition) is 5. The number of carbonyl (C=O) groups is 1. The molecular weight excluding hydrogens is 562 g/mol. The zero-order valence-corrected chi connectivity index (χ0v) is 23.6. The van der Waals surface area contributed by atoms with E-state index in [9.17, 15) is 13.2 Å². The molecule has 0 spiro atoms. The van der Waals surface area contributed by atoms with E-state index in [1.54, 1.807) is 42.5 Å². The number of anilines is 2. The Morgan fingerprint density at radius 2 is 1.61 bits per heavy atom. The predicted octanol–water partition coefficient (Wildman–Crippen LogP) is 6.03. The number of halogens is 1. The molecule has 3 N–H and O–H groups in total. The van der Waals surface area contributed by atoms with Crippen LogP contribution in [0.5, 0.6) is 5.75 Å². The summed E-state index contributed by atoms with van der Waals surface area (Å²) >= 11 is 8.68. The first-order chi connectivity index (χ1) is 16.9. The monoisotopic (exact) mass is 589 g/mol.